The summed E-state index contributed by atoms with van der Waals surface area (Å²) in [6.45, 7) is 9.52. The van der Waals surface area contributed by atoms with Gasteiger partial charge < -0.3 is 33.8 Å². The van der Waals surface area contributed by atoms with Gasteiger partial charge in [0, 0.05) is 25.7 Å². The van der Waals surface area contributed by atoms with Crippen LogP contribution < -0.4 is 0 Å². The van der Waals surface area contributed by atoms with E-state index in [0.717, 1.165) is 108 Å². The molecule has 19 heteroatoms. The van der Waals surface area contributed by atoms with E-state index in [1.54, 1.807) is 0 Å². The summed E-state index contributed by atoms with van der Waals surface area (Å²) < 4.78 is 68.6. The van der Waals surface area contributed by atoms with Gasteiger partial charge in [-0.25, -0.2) is 9.13 Å². The smallest absolute Gasteiger partial charge is 0.462 e. The lowest BCUT2D eigenvalue weighted by Gasteiger charge is -2.21. The summed E-state index contributed by atoms with van der Waals surface area (Å²) in [5, 5.41) is 10.6. The van der Waals surface area contributed by atoms with Gasteiger partial charge in [0.25, 0.3) is 0 Å². The zero-order valence-electron chi connectivity index (χ0n) is 63.4. The molecule has 6 atom stereocenters. The number of ether oxygens (including phenoxy) is 4. The van der Waals surface area contributed by atoms with Gasteiger partial charge in [-0.05, 0) is 37.5 Å². The number of hydrogen-bond acceptors (Lipinski definition) is 15. The molecule has 0 bridgehead atoms. The molecule has 0 saturated carbocycles. The second-order valence-electron chi connectivity index (χ2n) is 28.8. The lowest BCUT2D eigenvalue weighted by molar-refractivity contribution is -0.161. The summed E-state index contributed by atoms with van der Waals surface area (Å²) in [6.07, 6.45) is 58.5. The van der Waals surface area contributed by atoms with Crippen LogP contribution >= 0.6 is 15.6 Å². The van der Waals surface area contributed by atoms with Gasteiger partial charge in [-0.15, -0.1) is 0 Å². The highest BCUT2D eigenvalue weighted by molar-refractivity contribution is 7.47. The largest absolute Gasteiger partial charge is 0.472 e. The molecule has 0 aromatic heterocycles. The van der Waals surface area contributed by atoms with Crippen molar-refractivity contribution in [2.75, 3.05) is 39.6 Å². The van der Waals surface area contributed by atoms with Crippen LogP contribution in [0.4, 0.5) is 0 Å². The van der Waals surface area contributed by atoms with Crippen LogP contribution in [0.5, 0.6) is 0 Å². The molecule has 0 aliphatic heterocycles. The first kappa shape index (κ1) is 95.1. The van der Waals surface area contributed by atoms with Crippen LogP contribution in [-0.2, 0) is 65.4 Å². The van der Waals surface area contributed by atoms with Crippen LogP contribution in [0.15, 0.2) is 0 Å². The highest BCUT2D eigenvalue weighted by Gasteiger charge is 2.30. The van der Waals surface area contributed by atoms with E-state index in [2.05, 4.69) is 41.5 Å². The van der Waals surface area contributed by atoms with E-state index in [1.807, 2.05) is 0 Å². The fourth-order valence-electron chi connectivity index (χ4n) is 12.0. The third kappa shape index (κ3) is 70.9. The highest BCUT2D eigenvalue weighted by Crippen LogP contribution is 2.45. The Morgan fingerprint density at radius 1 is 0.299 bits per heavy atom. The van der Waals surface area contributed by atoms with Gasteiger partial charge in [0.2, 0.25) is 0 Å². The molecule has 0 amide bonds. The summed E-state index contributed by atoms with van der Waals surface area (Å²) in [5.74, 6) is -0.668. The lowest BCUT2D eigenvalue weighted by Crippen LogP contribution is -2.30. The van der Waals surface area contributed by atoms with E-state index in [4.69, 9.17) is 37.0 Å². The lowest BCUT2D eigenvalue weighted by atomic mass is 10.00. The Hall–Kier alpha value is -1.94. The SMILES string of the molecule is CCCCCCCCCCCCCCCCCCCCCCCC(=O)O[C@H](COC(=O)CCCCCCCCCCCCCCCCC)COP(=O)(O)OC[C@@H](O)COP(=O)(O)OC[C@@H](COC(=O)CCCCCCCCC(C)CC)OC(=O)CCCCCCCCCCC(C)C. The molecular weight excluding hydrogens is 1270 g/mol. The van der Waals surface area contributed by atoms with Crippen LogP contribution in [0.25, 0.3) is 0 Å². The van der Waals surface area contributed by atoms with E-state index in [0.29, 0.717) is 25.7 Å². The highest BCUT2D eigenvalue weighted by atomic mass is 31.2. The van der Waals surface area contributed by atoms with Gasteiger partial charge in [-0.3, -0.25) is 37.3 Å². The van der Waals surface area contributed by atoms with Gasteiger partial charge in [0.15, 0.2) is 12.2 Å². The van der Waals surface area contributed by atoms with Crippen molar-refractivity contribution >= 4 is 39.5 Å². The number of hydrogen-bond donors (Lipinski definition) is 3. The molecule has 0 aliphatic carbocycles. The van der Waals surface area contributed by atoms with Crippen molar-refractivity contribution in [1.29, 1.82) is 0 Å². The van der Waals surface area contributed by atoms with E-state index in [9.17, 15) is 43.2 Å². The van der Waals surface area contributed by atoms with Crippen LogP contribution in [-0.4, -0.2) is 96.7 Å². The van der Waals surface area contributed by atoms with Crippen molar-refractivity contribution < 1.29 is 80.2 Å². The summed E-state index contributed by atoms with van der Waals surface area (Å²) in [7, 11) is -9.91. The fourth-order valence-corrected chi connectivity index (χ4v) is 13.6. The molecule has 97 heavy (non-hydrogen) atoms. The fraction of sp³-hybridized carbons (Fsp3) is 0.949. The standard InChI is InChI=1S/C78H152O17P2/c1-7-10-12-14-16-18-20-22-24-25-26-27-28-29-31-33-35-37-42-50-56-62-77(82)94-73(66-88-75(80)60-54-48-41-36-34-32-30-23-21-19-17-15-13-11-8-2)68-92-96(84,85)90-64-72(79)65-91-97(86,87)93-69-74(67-89-76(81)61-55-49-45-44-47-53-59-71(6)9-3)95-78(83)63-57-51-43-39-38-40-46-52-58-70(4)5/h70-74,79H,7-69H2,1-6H3,(H,84,85)(H,86,87)/t71?,72-,73-,74-/m1/s1. The van der Waals surface area contributed by atoms with E-state index >= 15 is 0 Å². The predicted octanol–water partition coefficient (Wildman–Crippen LogP) is 23.1. The average Bonchev–Trinajstić information content (AvgIpc) is 3.58. The first-order valence-electron chi connectivity index (χ1n) is 40.5. The molecule has 0 saturated heterocycles. The molecule has 0 aromatic rings. The van der Waals surface area contributed by atoms with Crippen LogP contribution in [0.3, 0.4) is 0 Å². The van der Waals surface area contributed by atoms with Crippen molar-refractivity contribution in [3.63, 3.8) is 0 Å². The molecule has 0 heterocycles. The van der Waals surface area contributed by atoms with Gasteiger partial charge >= 0.3 is 39.5 Å². The Kier molecular flexibility index (Phi) is 68.4. The van der Waals surface area contributed by atoms with Gasteiger partial charge in [-0.2, -0.15) is 0 Å². The summed E-state index contributed by atoms with van der Waals surface area (Å²) in [6, 6.07) is 0. The molecule has 0 radical (unpaired) electrons. The number of rotatable bonds is 77. The Balaban J connectivity index is 5.21. The average molecular weight is 1420 g/mol. The minimum atomic E-state index is -4.96. The van der Waals surface area contributed by atoms with Gasteiger partial charge in [0.1, 0.15) is 19.3 Å². The number of phosphoric ester groups is 2. The molecule has 0 rings (SSSR count). The topological polar surface area (TPSA) is 237 Å². The minimum Gasteiger partial charge on any atom is -0.462 e. The Bertz CT molecular complexity index is 1870. The molecule has 3 N–H and O–H groups in total. The van der Waals surface area contributed by atoms with Gasteiger partial charge in [-0.1, -0.05) is 356 Å². The Morgan fingerprint density at radius 2 is 0.526 bits per heavy atom. The summed E-state index contributed by atoms with van der Waals surface area (Å²) in [5.41, 5.74) is 0. The monoisotopic (exact) mass is 1420 g/mol. The van der Waals surface area contributed by atoms with Crippen LogP contribution in [0.1, 0.15) is 408 Å². The van der Waals surface area contributed by atoms with Crippen LogP contribution in [0, 0.1) is 11.8 Å². The normalized spacial score (nSPS) is 14.2. The molecular formula is C78H152O17P2. The van der Waals surface area contributed by atoms with E-state index in [-0.39, 0.29) is 25.7 Å². The van der Waals surface area contributed by atoms with Crippen molar-refractivity contribution in [3.05, 3.63) is 0 Å². The third-order valence-corrected chi connectivity index (χ3v) is 20.5. The second kappa shape index (κ2) is 69.8. The summed E-state index contributed by atoms with van der Waals surface area (Å²) in [4.78, 5) is 72.8. The molecule has 0 aliphatic rings. The molecule has 0 aromatic carbocycles. The number of carbonyl (C=O) groups excluding carboxylic acids is 4. The molecule has 576 valence electrons. The third-order valence-electron chi connectivity index (χ3n) is 18.6. The second-order valence-corrected chi connectivity index (χ2v) is 31.7. The predicted molar refractivity (Wildman–Crippen MR) is 395 cm³/mol. The Labute approximate surface area is 594 Å². The number of esters is 4. The quantitative estimate of drug-likeness (QED) is 0.0222. The maximum atomic E-state index is 13.1. The van der Waals surface area contributed by atoms with Crippen molar-refractivity contribution in [3.8, 4) is 0 Å². The number of aliphatic hydroxyl groups is 1. The summed E-state index contributed by atoms with van der Waals surface area (Å²) >= 11 is 0. The maximum absolute atomic E-state index is 13.1. The minimum absolute atomic E-state index is 0.104. The maximum Gasteiger partial charge on any atom is 0.472 e. The molecule has 3 unspecified atom stereocenters. The first-order chi connectivity index (χ1) is 46.9. The number of aliphatic hydroxyl groups excluding tert-OH is 1. The van der Waals surface area contributed by atoms with E-state index < -0.39 is 97.5 Å². The van der Waals surface area contributed by atoms with E-state index in [1.165, 1.54) is 218 Å². The number of carbonyl (C=O) groups is 4. The Morgan fingerprint density at radius 3 is 0.784 bits per heavy atom. The van der Waals surface area contributed by atoms with Crippen molar-refractivity contribution in [2.24, 2.45) is 11.8 Å². The zero-order chi connectivity index (χ0) is 71.4. The first-order valence-corrected chi connectivity index (χ1v) is 43.5. The number of phosphoric acid groups is 2. The van der Waals surface area contributed by atoms with Crippen molar-refractivity contribution in [1.82, 2.24) is 0 Å². The number of unbranched alkanes of at least 4 members (excludes halogenated alkanes) is 46. The van der Waals surface area contributed by atoms with Gasteiger partial charge in [0.05, 0.1) is 26.4 Å². The molecule has 17 nitrogen and oxygen atoms in total. The zero-order valence-corrected chi connectivity index (χ0v) is 65.2. The molecule has 0 spiro atoms. The van der Waals surface area contributed by atoms with Crippen molar-refractivity contribution in [2.45, 2.75) is 426 Å². The molecule has 0 fully saturated rings. The van der Waals surface area contributed by atoms with Crippen LogP contribution in [0.2, 0.25) is 0 Å².